The van der Waals surface area contributed by atoms with E-state index in [9.17, 15) is 4.79 Å². The number of anilines is 1. The maximum absolute atomic E-state index is 11.9. The van der Waals surface area contributed by atoms with E-state index in [4.69, 9.17) is 16.6 Å². The Morgan fingerprint density at radius 2 is 2.14 bits per heavy atom. The van der Waals surface area contributed by atoms with Gasteiger partial charge in [-0.05, 0) is 37.1 Å². The number of aromatic nitrogens is 1. The van der Waals surface area contributed by atoms with Crippen LogP contribution in [-0.4, -0.2) is 23.9 Å². The van der Waals surface area contributed by atoms with Crippen molar-refractivity contribution in [1.29, 1.82) is 0 Å². The van der Waals surface area contributed by atoms with Crippen molar-refractivity contribution < 1.29 is 4.79 Å². The molecule has 0 radical (unpaired) electrons. The number of carbonyl (C=O) groups is 1. The second kappa shape index (κ2) is 8.52. The number of pyridine rings is 1. The monoisotopic (exact) mass is 426 g/mol. The van der Waals surface area contributed by atoms with E-state index in [1.165, 1.54) is 11.3 Å². The molecule has 3 nitrogen and oxygen atoms in total. The fourth-order valence-corrected chi connectivity index (χ4v) is 5.12. The van der Waals surface area contributed by atoms with Crippen molar-refractivity contribution in [2.45, 2.75) is 23.3 Å². The van der Waals surface area contributed by atoms with Gasteiger partial charge in [0.25, 0.3) is 0 Å². The lowest BCUT2D eigenvalue weighted by Crippen LogP contribution is -2.27. The fourth-order valence-electron chi connectivity index (χ4n) is 3.20. The van der Waals surface area contributed by atoms with Gasteiger partial charge in [-0.2, -0.15) is 0 Å². The molecule has 0 aliphatic carbocycles. The standard InChI is InChI=1S/C22H19ClN2OS2/c1-15(26)16-6-5-7-17(10-16)19-12-22(28-18-11-21(23)27-14-18)24-13-20(19)25-8-3-2-4-9-25/h2-3,5-7,10-14H,4,8-9H2,1H3. The molecule has 3 heterocycles. The molecular weight excluding hydrogens is 408 g/mol. The average molecular weight is 427 g/mol. The summed E-state index contributed by atoms with van der Waals surface area (Å²) in [5.41, 5.74) is 3.94. The van der Waals surface area contributed by atoms with Gasteiger partial charge < -0.3 is 4.90 Å². The van der Waals surface area contributed by atoms with Crippen molar-refractivity contribution in [3.05, 3.63) is 70.0 Å². The Morgan fingerprint density at radius 1 is 1.25 bits per heavy atom. The van der Waals surface area contributed by atoms with E-state index >= 15 is 0 Å². The third-order valence-electron chi connectivity index (χ3n) is 4.60. The number of nitrogens with zero attached hydrogens (tertiary/aromatic N) is 2. The number of hydrogen-bond acceptors (Lipinski definition) is 5. The van der Waals surface area contributed by atoms with Crippen LogP contribution in [-0.2, 0) is 0 Å². The second-order valence-corrected chi connectivity index (χ2v) is 9.21. The van der Waals surface area contributed by atoms with Crippen LogP contribution in [0.25, 0.3) is 11.1 Å². The molecule has 1 aliphatic heterocycles. The van der Waals surface area contributed by atoms with Crippen LogP contribution in [0.5, 0.6) is 0 Å². The predicted molar refractivity (Wildman–Crippen MR) is 119 cm³/mol. The minimum atomic E-state index is 0.0703. The summed E-state index contributed by atoms with van der Waals surface area (Å²) in [4.78, 5) is 20.0. The molecule has 1 aliphatic rings. The van der Waals surface area contributed by atoms with Gasteiger partial charge >= 0.3 is 0 Å². The van der Waals surface area contributed by atoms with Gasteiger partial charge in [0.2, 0.25) is 0 Å². The van der Waals surface area contributed by atoms with Crippen molar-refractivity contribution in [2.24, 2.45) is 0 Å². The van der Waals surface area contributed by atoms with Crippen LogP contribution >= 0.6 is 34.7 Å². The zero-order valence-electron chi connectivity index (χ0n) is 15.4. The van der Waals surface area contributed by atoms with Gasteiger partial charge in [0.05, 0.1) is 16.2 Å². The molecule has 0 N–H and O–H groups in total. The molecule has 0 saturated heterocycles. The Bertz CT molecular complexity index is 1040. The highest BCUT2D eigenvalue weighted by Gasteiger charge is 2.16. The minimum absolute atomic E-state index is 0.0703. The van der Waals surface area contributed by atoms with Gasteiger partial charge in [0, 0.05) is 34.5 Å². The summed E-state index contributed by atoms with van der Waals surface area (Å²) in [6, 6.07) is 11.9. The number of halogens is 1. The van der Waals surface area contributed by atoms with Gasteiger partial charge in [-0.25, -0.2) is 4.98 Å². The van der Waals surface area contributed by atoms with E-state index in [2.05, 4.69) is 29.2 Å². The van der Waals surface area contributed by atoms with Gasteiger partial charge in [0.1, 0.15) is 5.03 Å². The highest BCUT2D eigenvalue weighted by Crippen LogP contribution is 2.38. The first-order valence-electron chi connectivity index (χ1n) is 9.03. The first-order chi connectivity index (χ1) is 13.6. The van der Waals surface area contributed by atoms with Crippen molar-refractivity contribution in [2.75, 3.05) is 18.0 Å². The first-order valence-corrected chi connectivity index (χ1v) is 11.1. The summed E-state index contributed by atoms with van der Waals surface area (Å²) in [5.74, 6) is 0.0703. The number of hydrogen-bond donors (Lipinski definition) is 0. The molecule has 2 aromatic heterocycles. The normalized spacial score (nSPS) is 13.7. The second-order valence-electron chi connectivity index (χ2n) is 6.57. The topological polar surface area (TPSA) is 33.2 Å². The number of thiophene rings is 1. The number of Topliss-reactive ketones (excluding diaryl/α,β-unsaturated/α-hetero) is 1. The molecule has 0 saturated carbocycles. The Hall–Kier alpha value is -2.08. The molecule has 0 spiro atoms. The zero-order chi connectivity index (χ0) is 19.5. The van der Waals surface area contributed by atoms with Crippen LogP contribution in [0.2, 0.25) is 4.34 Å². The summed E-state index contributed by atoms with van der Waals surface area (Å²) >= 11 is 9.18. The molecule has 1 aromatic carbocycles. The molecule has 6 heteroatoms. The predicted octanol–water partition coefficient (Wildman–Crippen LogP) is 6.58. The first kappa shape index (κ1) is 19.2. The molecule has 0 fully saturated rings. The summed E-state index contributed by atoms with van der Waals surface area (Å²) in [5, 5.41) is 2.95. The van der Waals surface area contributed by atoms with E-state index < -0.39 is 0 Å². The average Bonchev–Trinajstić information content (AvgIpc) is 3.13. The van der Waals surface area contributed by atoms with Crippen LogP contribution in [0.1, 0.15) is 23.7 Å². The number of benzene rings is 1. The lowest BCUT2D eigenvalue weighted by atomic mass is 10.0. The van der Waals surface area contributed by atoms with E-state index in [1.54, 1.807) is 18.7 Å². The largest absolute Gasteiger partial charge is 0.366 e. The number of ketones is 1. The number of carbonyl (C=O) groups excluding carboxylic acids is 1. The lowest BCUT2D eigenvalue weighted by molar-refractivity contribution is 0.101. The Labute approximate surface area is 178 Å². The van der Waals surface area contributed by atoms with Crippen molar-refractivity contribution >= 4 is 46.2 Å². The molecule has 0 amide bonds. The zero-order valence-corrected chi connectivity index (χ0v) is 17.8. The fraction of sp³-hybridized carbons (Fsp3) is 0.182. The maximum atomic E-state index is 11.9. The van der Waals surface area contributed by atoms with Gasteiger partial charge in [-0.1, -0.05) is 53.7 Å². The van der Waals surface area contributed by atoms with Crippen molar-refractivity contribution in [1.82, 2.24) is 4.98 Å². The Morgan fingerprint density at radius 3 is 2.86 bits per heavy atom. The molecule has 0 bridgehead atoms. The molecule has 142 valence electrons. The molecule has 3 aromatic rings. The molecule has 4 rings (SSSR count). The van der Waals surface area contributed by atoms with Gasteiger partial charge in [0.15, 0.2) is 5.78 Å². The smallest absolute Gasteiger partial charge is 0.159 e. The van der Waals surface area contributed by atoms with Crippen molar-refractivity contribution in [3.8, 4) is 11.1 Å². The summed E-state index contributed by atoms with van der Waals surface area (Å²) in [6.07, 6.45) is 7.38. The lowest BCUT2D eigenvalue weighted by Gasteiger charge is -2.28. The van der Waals surface area contributed by atoms with Crippen LogP contribution in [0.15, 0.2) is 70.0 Å². The quantitative estimate of drug-likeness (QED) is 0.340. The third kappa shape index (κ3) is 4.32. The van der Waals surface area contributed by atoms with E-state index in [1.807, 2.05) is 35.8 Å². The minimum Gasteiger partial charge on any atom is -0.366 e. The van der Waals surface area contributed by atoms with Crippen LogP contribution in [0, 0.1) is 0 Å². The number of rotatable bonds is 5. The van der Waals surface area contributed by atoms with Crippen LogP contribution in [0.3, 0.4) is 0 Å². The summed E-state index contributed by atoms with van der Waals surface area (Å²) in [7, 11) is 0. The summed E-state index contributed by atoms with van der Waals surface area (Å²) in [6.45, 7) is 3.43. The van der Waals surface area contributed by atoms with Crippen LogP contribution < -0.4 is 4.90 Å². The van der Waals surface area contributed by atoms with E-state index in [-0.39, 0.29) is 5.78 Å². The van der Waals surface area contributed by atoms with E-state index in [0.29, 0.717) is 0 Å². The molecule has 0 unspecified atom stereocenters. The molecular formula is C22H19ClN2OS2. The Balaban J connectivity index is 1.77. The van der Waals surface area contributed by atoms with E-state index in [0.717, 1.165) is 56.1 Å². The van der Waals surface area contributed by atoms with Crippen LogP contribution in [0.4, 0.5) is 5.69 Å². The highest BCUT2D eigenvalue weighted by molar-refractivity contribution is 7.99. The van der Waals surface area contributed by atoms with Gasteiger partial charge in [-0.15, -0.1) is 11.3 Å². The van der Waals surface area contributed by atoms with Gasteiger partial charge in [-0.3, -0.25) is 4.79 Å². The maximum Gasteiger partial charge on any atom is 0.159 e. The van der Waals surface area contributed by atoms with Crippen molar-refractivity contribution in [3.63, 3.8) is 0 Å². The summed E-state index contributed by atoms with van der Waals surface area (Å²) < 4.78 is 0.772. The Kier molecular flexibility index (Phi) is 5.85. The SMILES string of the molecule is CC(=O)c1cccc(-c2cc(Sc3csc(Cl)c3)ncc2N2CC=CCC2)c1. The third-order valence-corrected chi connectivity index (χ3v) is 6.75. The molecule has 28 heavy (non-hydrogen) atoms. The molecule has 0 atom stereocenters. The highest BCUT2D eigenvalue weighted by atomic mass is 35.5.